The average molecular weight is 323 g/mol. The Kier molecular flexibility index (Phi) is 6.56. The molecule has 0 aromatic heterocycles. The molecular weight excluding hydrogens is 302 g/mol. The normalized spacial score (nSPS) is 12.1. The minimum Gasteiger partial charge on any atom is -0.482 e. The van der Waals surface area contributed by atoms with Gasteiger partial charge in [-0.2, -0.15) is 0 Å². The van der Waals surface area contributed by atoms with Gasteiger partial charge in [0.05, 0.1) is 0 Å². The molecule has 0 bridgehead atoms. The molecule has 1 unspecified atom stereocenters. The first-order chi connectivity index (χ1) is 10.7. The standard InChI is InChI=1S/C16H21NO6/c1-16(2,3)23-14(19)9-22-12-6-4-11(5-7-12)8-13(15(20)21)17-10-18/h4-7,10,13H,8-9H2,1-3H3,(H,17,18)(H,20,21). The van der Waals surface area contributed by atoms with Crippen LogP contribution in [0.3, 0.4) is 0 Å². The van der Waals surface area contributed by atoms with Crippen LogP contribution in [0.25, 0.3) is 0 Å². The first kappa shape index (κ1) is 18.5. The lowest BCUT2D eigenvalue weighted by molar-refractivity contribution is -0.157. The summed E-state index contributed by atoms with van der Waals surface area (Å²) in [5, 5.41) is 11.2. The number of ether oxygens (including phenoxy) is 2. The van der Waals surface area contributed by atoms with E-state index in [2.05, 4.69) is 5.32 Å². The Hall–Kier alpha value is -2.57. The molecule has 0 saturated carbocycles. The number of amides is 1. The van der Waals surface area contributed by atoms with Gasteiger partial charge in [-0.1, -0.05) is 12.1 Å². The lowest BCUT2D eigenvalue weighted by atomic mass is 10.1. The predicted octanol–water partition coefficient (Wildman–Crippen LogP) is 1.15. The quantitative estimate of drug-likeness (QED) is 0.549. The van der Waals surface area contributed by atoms with E-state index in [0.29, 0.717) is 12.2 Å². The SMILES string of the molecule is CC(C)(C)OC(=O)COc1ccc(CC(NC=O)C(=O)O)cc1. The van der Waals surface area contributed by atoms with Crippen molar-refractivity contribution in [2.24, 2.45) is 0 Å². The second-order valence-corrected chi connectivity index (χ2v) is 5.90. The Labute approximate surface area is 134 Å². The van der Waals surface area contributed by atoms with Gasteiger partial charge in [0, 0.05) is 6.42 Å². The Bertz CT molecular complexity index is 547. The zero-order valence-electron chi connectivity index (χ0n) is 13.4. The van der Waals surface area contributed by atoms with Crippen LogP contribution in [0.5, 0.6) is 5.75 Å². The van der Waals surface area contributed by atoms with Crippen LogP contribution in [0.1, 0.15) is 26.3 Å². The van der Waals surface area contributed by atoms with Crippen LogP contribution in [-0.4, -0.2) is 41.7 Å². The lowest BCUT2D eigenvalue weighted by Gasteiger charge is -2.19. The highest BCUT2D eigenvalue weighted by Gasteiger charge is 2.18. The molecule has 0 saturated heterocycles. The molecule has 1 atom stereocenters. The van der Waals surface area contributed by atoms with Crippen LogP contribution in [0.15, 0.2) is 24.3 Å². The number of hydrogen-bond acceptors (Lipinski definition) is 5. The van der Waals surface area contributed by atoms with Crippen molar-refractivity contribution >= 4 is 18.3 Å². The van der Waals surface area contributed by atoms with E-state index < -0.39 is 23.6 Å². The summed E-state index contributed by atoms with van der Waals surface area (Å²) in [4.78, 5) is 32.9. The Morgan fingerprint density at radius 2 is 1.87 bits per heavy atom. The maximum absolute atomic E-state index is 11.5. The van der Waals surface area contributed by atoms with Crippen molar-refractivity contribution in [3.05, 3.63) is 29.8 Å². The Morgan fingerprint density at radius 1 is 1.26 bits per heavy atom. The maximum atomic E-state index is 11.5. The molecule has 0 radical (unpaired) electrons. The largest absolute Gasteiger partial charge is 0.482 e. The van der Waals surface area contributed by atoms with Gasteiger partial charge in [-0.3, -0.25) is 4.79 Å². The van der Waals surface area contributed by atoms with Gasteiger partial charge < -0.3 is 19.9 Å². The van der Waals surface area contributed by atoms with Crippen molar-refractivity contribution in [3.8, 4) is 5.75 Å². The zero-order valence-corrected chi connectivity index (χ0v) is 13.4. The molecule has 0 heterocycles. The van der Waals surface area contributed by atoms with Crippen LogP contribution < -0.4 is 10.1 Å². The number of carboxylic acid groups (broad SMARTS) is 1. The molecule has 7 heteroatoms. The molecule has 0 aliphatic rings. The second-order valence-electron chi connectivity index (χ2n) is 5.90. The molecule has 1 aromatic rings. The molecular formula is C16H21NO6. The number of carbonyl (C=O) groups excluding carboxylic acids is 2. The topological polar surface area (TPSA) is 102 Å². The van der Waals surface area contributed by atoms with Gasteiger partial charge in [0.25, 0.3) is 0 Å². The summed E-state index contributed by atoms with van der Waals surface area (Å²) in [5.74, 6) is -1.11. The number of carbonyl (C=O) groups is 3. The molecule has 1 amide bonds. The minimum atomic E-state index is -1.11. The number of esters is 1. The van der Waals surface area contributed by atoms with Crippen molar-refractivity contribution < 1.29 is 29.0 Å². The van der Waals surface area contributed by atoms with Gasteiger partial charge in [0.15, 0.2) is 6.61 Å². The van der Waals surface area contributed by atoms with Gasteiger partial charge in [0.1, 0.15) is 17.4 Å². The van der Waals surface area contributed by atoms with E-state index in [1.54, 1.807) is 45.0 Å². The number of nitrogens with one attached hydrogen (secondary N) is 1. The van der Waals surface area contributed by atoms with E-state index in [0.717, 1.165) is 5.56 Å². The molecule has 0 fully saturated rings. The Balaban J connectivity index is 2.54. The average Bonchev–Trinajstić information content (AvgIpc) is 2.44. The van der Waals surface area contributed by atoms with Crippen molar-refractivity contribution in [1.82, 2.24) is 5.32 Å². The lowest BCUT2D eigenvalue weighted by Crippen LogP contribution is -2.37. The fourth-order valence-electron chi connectivity index (χ4n) is 1.77. The van der Waals surface area contributed by atoms with Crippen molar-refractivity contribution in [1.29, 1.82) is 0 Å². The summed E-state index contributed by atoms with van der Waals surface area (Å²) in [6.45, 7) is 5.10. The summed E-state index contributed by atoms with van der Waals surface area (Å²) in [6, 6.07) is 5.61. The highest BCUT2D eigenvalue weighted by atomic mass is 16.6. The number of hydrogen-bond donors (Lipinski definition) is 2. The van der Waals surface area contributed by atoms with Crippen LogP contribution in [0.4, 0.5) is 0 Å². The van der Waals surface area contributed by atoms with Gasteiger partial charge in [-0.25, -0.2) is 9.59 Å². The second kappa shape index (κ2) is 8.17. The van der Waals surface area contributed by atoms with Crippen LogP contribution in [-0.2, 0) is 25.5 Å². The van der Waals surface area contributed by atoms with E-state index in [4.69, 9.17) is 14.6 Å². The van der Waals surface area contributed by atoms with Gasteiger partial charge in [0.2, 0.25) is 6.41 Å². The number of carboxylic acids is 1. The molecule has 126 valence electrons. The molecule has 1 aromatic carbocycles. The van der Waals surface area contributed by atoms with Crippen LogP contribution >= 0.6 is 0 Å². The third kappa shape index (κ3) is 7.30. The van der Waals surface area contributed by atoms with Gasteiger partial charge >= 0.3 is 11.9 Å². The van der Waals surface area contributed by atoms with Gasteiger partial charge in [-0.05, 0) is 38.5 Å². The smallest absolute Gasteiger partial charge is 0.344 e. The van der Waals surface area contributed by atoms with E-state index in [1.165, 1.54) is 0 Å². The third-order valence-electron chi connectivity index (χ3n) is 2.71. The van der Waals surface area contributed by atoms with E-state index >= 15 is 0 Å². The molecule has 0 spiro atoms. The zero-order chi connectivity index (χ0) is 17.5. The maximum Gasteiger partial charge on any atom is 0.344 e. The molecule has 23 heavy (non-hydrogen) atoms. The van der Waals surface area contributed by atoms with Crippen LogP contribution in [0, 0.1) is 0 Å². The van der Waals surface area contributed by atoms with Crippen molar-refractivity contribution in [3.63, 3.8) is 0 Å². The summed E-state index contributed by atoms with van der Waals surface area (Å²) in [5.41, 5.74) is 0.151. The molecule has 7 nitrogen and oxygen atoms in total. The first-order valence-electron chi connectivity index (χ1n) is 7.07. The van der Waals surface area contributed by atoms with E-state index in [9.17, 15) is 14.4 Å². The first-order valence-corrected chi connectivity index (χ1v) is 7.07. The number of rotatable bonds is 8. The monoisotopic (exact) mass is 323 g/mol. The number of benzene rings is 1. The molecule has 2 N–H and O–H groups in total. The fraction of sp³-hybridized carbons (Fsp3) is 0.438. The molecule has 0 aliphatic carbocycles. The summed E-state index contributed by atoms with van der Waals surface area (Å²) < 4.78 is 10.4. The van der Waals surface area contributed by atoms with E-state index in [1.807, 2.05) is 0 Å². The Morgan fingerprint density at radius 3 is 2.35 bits per heavy atom. The van der Waals surface area contributed by atoms with Crippen LogP contribution in [0.2, 0.25) is 0 Å². The fourth-order valence-corrected chi connectivity index (χ4v) is 1.77. The third-order valence-corrected chi connectivity index (χ3v) is 2.71. The van der Waals surface area contributed by atoms with Crippen molar-refractivity contribution in [2.75, 3.05) is 6.61 Å². The highest BCUT2D eigenvalue weighted by molar-refractivity contribution is 5.76. The predicted molar refractivity (Wildman–Crippen MR) is 82.1 cm³/mol. The number of aliphatic carboxylic acids is 1. The van der Waals surface area contributed by atoms with E-state index in [-0.39, 0.29) is 13.0 Å². The highest BCUT2D eigenvalue weighted by Crippen LogP contribution is 2.14. The van der Waals surface area contributed by atoms with Gasteiger partial charge in [-0.15, -0.1) is 0 Å². The molecule has 0 aliphatic heterocycles. The molecule has 1 rings (SSSR count). The summed E-state index contributed by atoms with van der Waals surface area (Å²) in [6.07, 6.45) is 0.511. The summed E-state index contributed by atoms with van der Waals surface area (Å²) in [7, 11) is 0. The summed E-state index contributed by atoms with van der Waals surface area (Å²) >= 11 is 0. The van der Waals surface area contributed by atoms with Crippen molar-refractivity contribution in [2.45, 2.75) is 38.8 Å². The minimum absolute atomic E-state index is 0.153.